The Kier molecular flexibility index (Phi) is 16.3. The monoisotopic (exact) mass is 877 g/mol. The van der Waals surface area contributed by atoms with Gasteiger partial charge in [0.25, 0.3) is 0 Å². The quantitative estimate of drug-likeness (QED) is 0.128. The van der Waals surface area contributed by atoms with E-state index in [1.54, 1.807) is 12.4 Å². The van der Waals surface area contributed by atoms with Crippen molar-refractivity contribution in [2.75, 3.05) is 44.2 Å². The lowest BCUT2D eigenvalue weighted by atomic mass is 9.90. The fraction of sp³-hybridized carbons (Fsp3) is 0.523. The maximum Gasteiger partial charge on any atom is 0.303 e. The van der Waals surface area contributed by atoms with Crippen LogP contribution in [0.5, 0.6) is 0 Å². The number of aliphatic hydroxyl groups excluding tert-OH is 1. The molecule has 3 aliphatic heterocycles. The van der Waals surface area contributed by atoms with Crippen LogP contribution in [-0.2, 0) is 65.5 Å². The van der Waals surface area contributed by atoms with Crippen molar-refractivity contribution in [2.24, 2.45) is 5.92 Å². The van der Waals surface area contributed by atoms with Crippen LogP contribution in [0.1, 0.15) is 75.7 Å². The van der Waals surface area contributed by atoms with E-state index in [1.165, 1.54) is 27.7 Å². The average Bonchev–Trinajstić information content (AvgIpc) is 3.25. The number of aliphatic hydroxyl groups is 1. The Labute approximate surface area is 366 Å². The van der Waals surface area contributed by atoms with Crippen LogP contribution in [0.25, 0.3) is 0 Å². The molecule has 2 aromatic carbocycles. The Bertz CT molecular complexity index is 1990. The van der Waals surface area contributed by atoms with Gasteiger partial charge in [-0.25, -0.2) is 9.97 Å². The molecule has 0 aliphatic carbocycles. The Morgan fingerprint density at radius 1 is 0.742 bits per heavy atom. The summed E-state index contributed by atoms with van der Waals surface area (Å²) in [6, 6.07) is 17.5. The van der Waals surface area contributed by atoms with E-state index in [4.69, 9.17) is 45.4 Å². The molecule has 0 bridgehead atoms. The van der Waals surface area contributed by atoms with Gasteiger partial charge >= 0.3 is 23.9 Å². The lowest BCUT2D eigenvalue weighted by Gasteiger charge is -2.44. The molecular formula is C44H55N5O12S. The third-order valence-corrected chi connectivity index (χ3v) is 11.3. The van der Waals surface area contributed by atoms with Crippen molar-refractivity contribution in [2.45, 2.75) is 103 Å². The predicted octanol–water partition coefficient (Wildman–Crippen LogP) is 3.52. The summed E-state index contributed by atoms with van der Waals surface area (Å²) in [6.07, 6.45) is -3.29. The summed E-state index contributed by atoms with van der Waals surface area (Å²) in [5.74, 6) is -1.95. The first kappa shape index (κ1) is 46.4. The Morgan fingerprint density at radius 3 is 1.92 bits per heavy atom. The van der Waals surface area contributed by atoms with E-state index in [0.29, 0.717) is 11.5 Å². The Hall–Kier alpha value is -5.11. The standard InChI is InChI=1S/C44H55N5O12S/c1-26-36(23-48-17-19-49(20-18-48)44-45-15-6-16-46-44)60-43(61-39(26)33-11-9-32(24-50)10-12-33)34-13-7-31(8-14-34)22-47-38(62)21-35-40(56-28(3)52)42(58-30(5)54)41(57-29(4)53)37(59-35)25-55-27(2)51/h6-16,26,35-37,39-43,50H,17-25H2,1-5H3,(H,47,62)/t26-,35-,36+,37+,39+,40-,41+,42+,43?/m0/s1. The number of esters is 4. The molecule has 1 aromatic heterocycles. The molecule has 17 nitrogen and oxygen atoms in total. The van der Waals surface area contributed by atoms with Gasteiger partial charge < -0.3 is 48.5 Å². The van der Waals surface area contributed by atoms with Gasteiger partial charge in [-0.05, 0) is 22.8 Å². The fourth-order valence-corrected chi connectivity index (χ4v) is 8.13. The molecule has 6 rings (SSSR count). The SMILES string of the molecule is CC(=O)OC[C@H]1O[C@@H](CC(=S)NCc2ccc(C3O[C@H](CN4CCN(c5ncccn5)CC4)[C@H](C)[C@H](c4ccc(CO)cc4)O3)cc2)[C@H](OC(C)=O)[C@@H](OC(C)=O)[C@@H]1OC(C)=O. The molecule has 3 fully saturated rings. The number of nitrogens with one attached hydrogen (secondary N) is 1. The molecule has 334 valence electrons. The number of rotatable bonds is 15. The highest BCUT2D eigenvalue weighted by Crippen LogP contribution is 2.42. The fourth-order valence-electron chi connectivity index (χ4n) is 7.90. The second-order valence-corrected chi connectivity index (χ2v) is 16.1. The third-order valence-electron chi connectivity index (χ3n) is 11.0. The van der Waals surface area contributed by atoms with Gasteiger partial charge in [-0.2, -0.15) is 0 Å². The van der Waals surface area contributed by atoms with Crippen LogP contribution in [0.15, 0.2) is 67.0 Å². The summed E-state index contributed by atoms with van der Waals surface area (Å²) in [6.45, 7) is 10.9. The van der Waals surface area contributed by atoms with Crippen molar-refractivity contribution in [3.8, 4) is 0 Å². The van der Waals surface area contributed by atoms with Gasteiger partial charge in [0.15, 0.2) is 24.6 Å². The normalized spacial score (nSPS) is 26.5. The molecule has 0 amide bonds. The van der Waals surface area contributed by atoms with E-state index in [2.05, 4.69) is 32.0 Å². The number of nitrogens with zero attached hydrogens (tertiary/aromatic N) is 4. The van der Waals surface area contributed by atoms with E-state index in [0.717, 1.165) is 60.9 Å². The summed E-state index contributed by atoms with van der Waals surface area (Å²) >= 11 is 5.72. The second-order valence-electron chi connectivity index (χ2n) is 15.6. The zero-order valence-electron chi connectivity index (χ0n) is 35.5. The van der Waals surface area contributed by atoms with Crippen molar-refractivity contribution >= 4 is 47.0 Å². The molecule has 3 aliphatic rings. The van der Waals surface area contributed by atoms with Crippen LogP contribution in [-0.4, -0.2) is 125 Å². The minimum atomic E-state index is -1.28. The number of piperazine rings is 1. The molecule has 3 aromatic rings. The lowest BCUT2D eigenvalue weighted by Crippen LogP contribution is -2.62. The van der Waals surface area contributed by atoms with Gasteiger partial charge in [0.1, 0.15) is 18.8 Å². The van der Waals surface area contributed by atoms with E-state index >= 15 is 0 Å². The second kappa shape index (κ2) is 21.8. The maximum absolute atomic E-state index is 12.3. The molecule has 18 heteroatoms. The van der Waals surface area contributed by atoms with Crippen molar-refractivity contribution in [3.63, 3.8) is 0 Å². The Balaban J connectivity index is 1.12. The molecule has 62 heavy (non-hydrogen) atoms. The topological polar surface area (TPSA) is 197 Å². The first-order chi connectivity index (χ1) is 29.8. The third kappa shape index (κ3) is 12.5. The first-order valence-electron chi connectivity index (χ1n) is 20.7. The van der Waals surface area contributed by atoms with Crippen LogP contribution >= 0.6 is 12.2 Å². The van der Waals surface area contributed by atoms with Gasteiger partial charge in [0.2, 0.25) is 5.95 Å². The van der Waals surface area contributed by atoms with E-state index in [-0.39, 0.29) is 37.8 Å². The highest BCUT2D eigenvalue weighted by atomic mass is 32.1. The number of ether oxygens (including phenoxy) is 7. The predicted molar refractivity (Wildman–Crippen MR) is 226 cm³/mol. The zero-order chi connectivity index (χ0) is 44.3. The first-order valence-corrected chi connectivity index (χ1v) is 21.1. The van der Waals surface area contributed by atoms with E-state index < -0.39 is 60.7 Å². The van der Waals surface area contributed by atoms with Crippen molar-refractivity contribution < 1.29 is 57.4 Å². The number of hydrogen-bond acceptors (Lipinski definition) is 17. The number of anilines is 1. The number of aromatic nitrogens is 2. The van der Waals surface area contributed by atoms with E-state index in [9.17, 15) is 24.3 Å². The molecule has 0 spiro atoms. The number of benzene rings is 2. The minimum Gasteiger partial charge on any atom is -0.463 e. The molecule has 9 atom stereocenters. The molecule has 0 radical (unpaired) electrons. The summed E-state index contributed by atoms with van der Waals surface area (Å²) in [5, 5.41) is 12.9. The lowest BCUT2D eigenvalue weighted by molar-refractivity contribution is -0.276. The smallest absolute Gasteiger partial charge is 0.303 e. The molecule has 2 N–H and O–H groups in total. The van der Waals surface area contributed by atoms with Crippen LogP contribution in [0.3, 0.4) is 0 Å². The summed E-state index contributed by atoms with van der Waals surface area (Å²) in [5.41, 5.74) is 3.57. The van der Waals surface area contributed by atoms with Gasteiger partial charge in [0, 0.05) is 97.3 Å². The van der Waals surface area contributed by atoms with Crippen LogP contribution in [0.2, 0.25) is 0 Å². The molecular weight excluding hydrogens is 823 g/mol. The maximum atomic E-state index is 12.3. The largest absolute Gasteiger partial charge is 0.463 e. The van der Waals surface area contributed by atoms with Crippen molar-refractivity contribution in [3.05, 3.63) is 89.2 Å². The molecule has 3 saturated heterocycles. The highest BCUT2D eigenvalue weighted by molar-refractivity contribution is 7.80. The van der Waals surface area contributed by atoms with Crippen LogP contribution < -0.4 is 10.2 Å². The number of thiocarbonyl (C=S) groups is 1. The summed E-state index contributed by atoms with van der Waals surface area (Å²) < 4.78 is 41.5. The molecule has 1 unspecified atom stereocenters. The van der Waals surface area contributed by atoms with Crippen molar-refractivity contribution in [1.29, 1.82) is 0 Å². The summed E-state index contributed by atoms with van der Waals surface area (Å²) in [7, 11) is 0. The number of hydrogen-bond donors (Lipinski definition) is 2. The highest BCUT2D eigenvalue weighted by Gasteiger charge is 2.52. The van der Waals surface area contributed by atoms with Crippen LogP contribution in [0, 0.1) is 5.92 Å². The molecule has 0 saturated carbocycles. The van der Waals surface area contributed by atoms with E-state index in [1.807, 2.05) is 54.6 Å². The Morgan fingerprint density at radius 2 is 1.32 bits per heavy atom. The zero-order valence-corrected chi connectivity index (χ0v) is 36.4. The van der Waals surface area contributed by atoms with Crippen LogP contribution in [0.4, 0.5) is 5.95 Å². The average molecular weight is 878 g/mol. The number of carbonyl (C=O) groups is 4. The van der Waals surface area contributed by atoms with Gasteiger partial charge in [-0.15, -0.1) is 0 Å². The van der Waals surface area contributed by atoms with Gasteiger partial charge in [-0.3, -0.25) is 24.1 Å². The van der Waals surface area contributed by atoms with Gasteiger partial charge in [0.05, 0.1) is 23.8 Å². The van der Waals surface area contributed by atoms with Gasteiger partial charge in [-0.1, -0.05) is 67.7 Å². The van der Waals surface area contributed by atoms with Crippen molar-refractivity contribution in [1.82, 2.24) is 20.2 Å². The minimum absolute atomic E-state index is 0.0194. The molecule has 4 heterocycles. The summed E-state index contributed by atoms with van der Waals surface area (Å²) in [4.78, 5) is 62.1. The number of carbonyl (C=O) groups excluding carboxylic acids is 4.